The monoisotopic (exact) mass is 600 g/mol. The number of halogens is 2. The van der Waals surface area contributed by atoms with E-state index < -0.39 is 48.1 Å². The number of ketones is 1. The average Bonchev–Trinajstić information content (AvgIpc) is 3.32. The maximum atomic E-state index is 13.4. The summed E-state index contributed by atoms with van der Waals surface area (Å²) in [4.78, 5) is 25.6. The van der Waals surface area contributed by atoms with Crippen LogP contribution in [-0.4, -0.2) is 46.2 Å². The Labute approximate surface area is 235 Å². The normalized spacial score (nSPS) is 18.1. The van der Waals surface area contributed by atoms with E-state index in [9.17, 15) is 23.1 Å². The zero-order chi connectivity index (χ0) is 28.5. The number of aliphatic carboxylic acids is 1. The molecular weight excluding hydrogens is 567 g/mol. The molecule has 0 spiro atoms. The Bertz CT molecular complexity index is 1270. The maximum Gasteiger partial charge on any atom is 0.316 e. The molecule has 1 aliphatic rings. The molecule has 0 radical (unpaired) electrons. The Morgan fingerprint density at radius 2 is 1.68 bits per heavy atom. The van der Waals surface area contributed by atoms with E-state index in [-0.39, 0.29) is 20.0 Å². The predicted octanol–water partition coefficient (Wildman–Crippen LogP) is 5.42. The van der Waals surface area contributed by atoms with Crippen LogP contribution in [0.4, 0.5) is 0 Å². The zero-order valence-electron chi connectivity index (χ0n) is 22.0. The molecule has 0 bridgehead atoms. The molecule has 0 aliphatic carbocycles. The van der Waals surface area contributed by atoms with Gasteiger partial charge in [0, 0.05) is 10.0 Å². The molecule has 1 heterocycles. The number of hydrogen-bond acceptors (Lipinski definition) is 6. The molecule has 3 atom stereocenters. The molecule has 0 unspecified atom stereocenters. The van der Waals surface area contributed by atoms with Gasteiger partial charge in [-0.25, -0.2) is 13.1 Å². The van der Waals surface area contributed by atoms with Crippen LogP contribution in [-0.2, 0) is 19.6 Å². The first-order valence-electron chi connectivity index (χ1n) is 12.3. The fourth-order valence-corrected chi connectivity index (χ4v) is 7.00. The van der Waals surface area contributed by atoms with Crippen molar-refractivity contribution in [3.05, 3.63) is 58.1 Å². The van der Waals surface area contributed by atoms with Crippen molar-refractivity contribution in [2.45, 2.75) is 68.7 Å². The number of benzene rings is 2. The lowest BCUT2D eigenvalue weighted by molar-refractivity contribution is -0.148. The first-order chi connectivity index (χ1) is 17.5. The second kappa shape index (κ2) is 11.7. The third-order valence-electron chi connectivity index (χ3n) is 7.16. The molecule has 0 saturated carbocycles. The number of carbonyl (C=O) groups is 2. The van der Waals surface area contributed by atoms with Crippen LogP contribution >= 0.6 is 23.2 Å². The highest BCUT2D eigenvalue weighted by Gasteiger charge is 2.42. The quantitative estimate of drug-likeness (QED) is 0.246. The fourth-order valence-electron chi connectivity index (χ4n) is 4.01. The number of carbonyl (C=O) groups excluding carboxylic acids is 1. The summed E-state index contributed by atoms with van der Waals surface area (Å²) in [5.74, 6) is -3.11. The van der Waals surface area contributed by atoms with Crippen molar-refractivity contribution >= 4 is 53.3 Å². The van der Waals surface area contributed by atoms with E-state index in [1.807, 2.05) is 0 Å². The van der Waals surface area contributed by atoms with Gasteiger partial charge < -0.3 is 14.8 Å². The Morgan fingerprint density at radius 3 is 2.16 bits per heavy atom. The number of Topliss-reactive ketones (excluding diaryl/α,β-unsaturated/α-hetero) is 1. The van der Waals surface area contributed by atoms with Crippen LogP contribution < -0.4 is 14.5 Å². The van der Waals surface area contributed by atoms with E-state index in [2.05, 4.69) is 43.9 Å². The summed E-state index contributed by atoms with van der Waals surface area (Å²) in [6.07, 6.45) is 1.20. The lowest BCUT2D eigenvalue weighted by Crippen LogP contribution is -2.46. The summed E-state index contributed by atoms with van der Waals surface area (Å²) in [5.41, 5.74) is 0.308. The molecule has 38 heavy (non-hydrogen) atoms. The highest BCUT2D eigenvalue weighted by atomic mass is 35.5. The minimum absolute atomic E-state index is 0.0445. The van der Waals surface area contributed by atoms with Crippen LogP contribution in [0.3, 0.4) is 0 Å². The van der Waals surface area contributed by atoms with E-state index in [1.165, 1.54) is 18.2 Å². The molecule has 1 fully saturated rings. The zero-order valence-corrected chi connectivity index (χ0v) is 25.4. The van der Waals surface area contributed by atoms with Crippen LogP contribution in [0.5, 0.6) is 5.75 Å². The van der Waals surface area contributed by atoms with Crippen molar-refractivity contribution in [2.24, 2.45) is 5.92 Å². The van der Waals surface area contributed by atoms with Gasteiger partial charge in [0.1, 0.15) is 11.7 Å². The fraction of sp³-hybridized carbons (Fsp3) is 0.462. The van der Waals surface area contributed by atoms with Crippen molar-refractivity contribution in [3.63, 3.8) is 0 Å². The molecule has 208 valence electrons. The molecule has 3 rings (SSSR count). The van der Waals surface area contributed by atoms with Crippen LogP contribution in [0, 0.1) is 5.92 Å². The minimum Gasteiger partial charge on any atom is -0.544 e. The van der Waals surface area contributed by atoms with Crippen molar-refractivity contribution < 1.29 is 27.5 Å². The van der Waals surface area contributed by atoms with E-state index in [4.69, 9.17) is 27.6 Å². The molecule has 1 saturated heterocycles. The molecule has 1 aliphatic heterocycles. The van der Waals surface area contributed by atoms with Gasteiger partial charge in [0.15, 0.2) is 5.78 Å². The van der Waals surface area contributed by atoms with Crippen molar-refractivity contribution in [1.29, 1.82) is 0 Å². The number of carboxylic acid groups (broad SMARTS) is 1. The Hall–Kier alpha value is -1.95. The van der Waals surface area contributed by atoms with Gasteiger partial charge in [-0.3, -0.25) is 9.59 Å². The third kappa shape index (κ3) is 7.16. The Kier molecular flexibility index (Phi) is 9.38. The highest BCUT2D eigenvalue weighted by molar-refractivity contribution is 7.89. The largest absolute Gasteiger partial charge is 0.544 e. The topological polar surface area (TPSA) is 122 Å². The molecule has 0 amide bonds. The summed E-state index contributed by atoms with van der Waals surface area (Å²) in [6.45, 7) is 11.1. The van der Waals surface area contributed by atoms with E-state index in [0.717, 1.165) is 6.42 Å². The first kappa shape index (κ1) is 30.6. The van der Waals surface area contributed by atoms with Crippen molar-refractivity contribution in [1.82, 2.24) is 10.0 Å². The second-order valence-electron chi connectivity index (χ2n) is 11.0. The van der Waals surface area contributed by atoms with Gasteiger partial charge in [-0.05, 0) is 73.4 Å². The van der Waals surface area contributed by atoms with Crippen molar-refractivity contribution in [3.8, 4) is 5.75 Å². The summed E-state index contributed by atoms with van der Waals surface area (Å²) >= 11 is 12.0. The van der Waals surface area contributed by atoms with E-state index in [0.29, 0.717) is 24.3 Å². The summed E-state index contributed by atoms with van der Waals surface area (Å²) in [7, 11) is -6.48. The predicted molar refractivity (Wildman–Crippen MR) is 151 cm³/mol. The highest BCUT2D eigenvalue weighted by Crippen LogP contribution is 2.38. The summed E-state index contributed by atoms with van der Waals surface area (Å²) in [5, 5.41) is 13.3. The third-order valence-corrected chi connectivity index (χ3v) is 13.4. The standard InChI is InChI=1S/C26H34Cl2N2O6SSi/c1-26(2,3)38(4,5)36-19-10-8-16(9-11-19)23(22(25(32)33)24(31)21-7-6-12-29-21)30-37(34,35)20-14-17(27)13-18(28)15-20/h8-11,13-15,21-23,29-30H,6-7,12H2,1-5H3,(H,32,33)/t21-,22-,23-/m0/s1. The molecule has 0 aromatic heterocycles. The molecule has 2 aromatic carbocycles. The van der Waals surface area contributed by atoms with E-state index in [1.54, 1.807) is 24.3 Å². The van der Waals surface area contributed by atoms with Crippen molar-refractivity contribution in [2.75, 3.05) is 6.54 Å². The number of nitrogens with one attached hydrogen (secondary N) is 2. The molecule has 3 N–H and O–H groups in total. The first-order valence-corrected chi connectivity index (χ1v) is 17.4. The molecule has 2 aromatic rings. The molecular formula is C26H34Cl2N2O6SSi. The van der Waals surface area contributed by atoms with Crippen LogP contribution in [0.1, 0.15) is 45.2 Å². The lowest BCUT2D eigenvalue weighted by atomic mass is 9.86. The smallest absolute Gasteiger partial charge is 0.316 e. The SMILES string of the molecule is CC(C)(C)[Si](C)(C)Oc1ccc([C@H](NS(=O)(=O)c2cc(Cl)cc(Cl)c2)[C@H](C(=O)O)C(=O)[C@@H]2CCCN2)cc1. The van der Waals surface area contributed by atoms with Gasteiger partial charge >= 0.3 is 5.97 Å². The maximum absolute atomic E-state index is 13.4. The minimum atomic E-state index is -4.33. The van der Waals surface area contributed by atoms with Gasteiger partial charge in [0.05, 0.1) is 17.0 Å². The lowest BCUT2D eigenvalue weighted by Gasteiger charge is -2.36. The van der Waals surface area contributed by atoms with Crippen LogP contribution in [0.25, 0.3) is 0 Å². The van der Waals surface area contributed by atoms with Gasteiger partial charge in [0.25, 0.3) is 0 Å². The van der Waals surface area contributed by atoms with E-state index >= 15 is 0 Å². The summed E-state index contributed by atoms with van der Waals surface area (Å²) in [6, 6.07) is 8.25. The summed E-state index contributed by atoms with van der Waals surface area (Å²) < 4.78 is 35.5. The number of rotatable bonds is 10. The molecule has 8 nitrogen and oxygen atoms in total. The molecule has 12 heteroatoms. The van der Waals surface area contributed by atoms with Crippen LogP contribution in [0.2, 0.25) is 28.2 Å². The number of carboxylic acids is 1. The Morgan fingerprint density at radius 1 is 1.11 bits per heavy atom. The second-order valence-corrected chi connectivity index (χ2v) is 18.3. The number of sulfonamides is 1. The Balaban J connectivity index is 2.04. The number of hydrogen-bond donors (Lipinski definition) is 3. The van der Waals surface area contributed by atoms with Gasteiger partial charge in [-0.15, -0.1) is 0 Å². The average molecular weight is 602 g/mol. The van der Waals surface area contributed by atoms with Gasteiger partial charge in [-0.2, -0.15) is 0 Å². The van der Waals surface area contributed by atoms with Crippen LogP contribution in [0.15, 0.2) is 47.4 Å². The van der Waals surface area contributed by atoms with Gasteiger partial charge in [-0.1, -0.05) is 56.1 Å². The van der Waals surface area contributed by atoms with Gasteiger partial charge in [0.2, 0.25) is 18.3 Å².